The zero-order valence-electron chi connectivity index (χ0n) is 23.0. The van der Waals surface area contributed by atoms with E-state index in [0.717, 1.165) is 11.1 Å². The molecule has 5 atom stereocenters. The Hall–Kier alpha value is -3.93. The zero-order valence-corrected chi connectivity index (χ0v) is 23.0. The summed E-state index contributed by atoms with van der Waals surface area (Å²) in [4.78, 5) is 17.1. The van der Waals surface area contributed by atoms with Gasteiger partial charge in [0.1, 0.15) is 18.6 Å². The summed E-state index contributed by atoms with van der Waals surface area (Å²) in [5.41, 5.74) is 3.19. The van der Waals surface area contributed by atoms with E-state index in [0.29, 0.717) is 33.9 Å². The highest BCUT2D eigenvalue weighted by Gasteiger charge is 2.58. The normalized spacial score (nSPS) is 25.6. The fourth-order valence-electron chi connectivity index (χ4n) is 7.24. The number of hydrogen-bond donors (Lipinski definition) is 4. The molecule has 0 aliphatic carbocycles. The summed E-state index contributed by atoms with van der Waals surface area (Å²) in [5.74, 6) is 0.726. The highest BCUT2D eigenvalue weighted by molar-refractivity contribution is 5.80. The molecule has 2 bridgehead atoms. The van der Waals surface area contributed by atoms with Gasteiger partial charge in [-0.3, -0.25) is 9.69 Å². The Morgan fingerprint density at radius 1 is 1.12 bits per heavy atom. The minimum Gasteiger partial charge on any atom is -0.504 e. The number of aliphatic hydroxyl groups excluding tert-OH is 2. The number of carbonyl (C=O) groups is 1. The quantitative estimate of drug-likeness (QED) is 0.369. The maximum atomic E-state index is 13.6. The predicted molar refractivity (Wildman–Crippen MR) is 146 cm³/mol. The second-order valence-electron chi connectivity index (χ2n) is 10.7. The van der Waals surface area contributed by atoms with Gasteiger partial charge in [0.05, 0.1) is 31.8 Å². The summed E-state index contributed by atoms with van der Waals surface area (Å²) in [6.07, 6.45) is 2.43. The van der Waals surface area contributed by atoms with Crippen molar-refractivity contribution in [3.63, 3.8) is 0 Å². The molecular formula is C30H34N2O9. The molecule has 4 N–H and O–H groups in total. The van der Waals surface area contributed by atoms with Crippen LogP contribution in [0.5, 0.6) is 34.5 Å². The SMILES string of the molecule is C=CCOc1c(C)c2c(c3c1C[C@H]1[C@H]4c5c(cc(O)c(OC)c5O)C[C@@H](C(O)N1[C@H]3CO)N4C(=O)CC=C)OCO2. The molecule has 1 fully saturated rings. The van der Waals surface area contributed by atoms with Crippen LogP contribution in [-0.4, -0.2) is 81.6 Å². The molecule has 2 aromatic carbocycles. The van der Waals surface area contributed by atoms with Gasteiger partial charge in [0, 0.05) is 34.7 Å². The van der Waals surface area contributed by atoms with E-state index in [1.807, 2.05) is 11.8 Å². The van der Waals surface area contributed by atoms with Gasteiger partial charge in [-0.15, -0.1) is 6.58 Å². The maximum Gasteiger partial charge on any atom is 0.231 e. The molecule has 4 aliphatic heterocycles. The number of phenols is 2. The van der Waals surface area contributed by atoms with Crippen molar-refractivity contribution < 1.29 is 44.2 Å². The van der Waals surface area contributed by atoms with Crippen molar-refractivity contribution in [1.82, 2.24) is 9.80 Å². The van der Waals surface area contributed by atoms with Gasteiger partial charge >= 0.3 is 0 Å². The van der Waals surface area contributed by atoms with Gasteiger partial charge < -0.3 is 44.3 Å². The van der Waals surface area contributed by atoms with Crippen molar-refractivity contribution in [3.05, 3.63) is 59.2 Å². The number of ether oxygens (including phenoxy) is 4. The fraction of sp³-hybridized carbons (Fsp3) is 0.433. The molecule has 2 aromatic rings. The van der Waals surface area contributed by atoms with Crippen molar-refractivity contribution in [1.29, 1.82) is 0 Å². The molecule has 4 heterocycles. The molecule has 4 aliphatic rings. The average Bonchev–Trinajstić information content (AvgIpc) is 3.45. The third-order valence-corrected chi connectivity index (χ3v) is 8.71. The summed E-state index contributed by atoms with van der Waals surface area (Å²) in [6.45, 7) is 9.23. The number of amides is 1. The lowest BCUT2D eigenvalue weighted by Crippen LogP contribution is -2.70. The Morgan fingerprint density at radius 2 is 1.88 bits per heavy atom. The number of phenolic OH excluding ortho intramolecular Hbond substituents is 2. The first kappa shape index (κ1) is 27.3. The summed E-state index contributed by atoms with van der Waals surface area (Å²) in [6, 6.07) is -1.30. The first-order valence-electron chi connectivity index (χ1n) is 13.6. The van der Waals surface area contributed by atoms with Crippen LogP contribution in [0.2, 0.25) is 0 Å². The number of carbonyl (C=O) groups excluding carboxylic acids is 1. The number of fused-ring (bicyclic) bond motifs is 9. The van der Waals surface area contributed by atoms with Crippen molar-refractivity contribution in [2.75, 3.05) is 27.1 Å². The van der Waals surface area contributed by atoms with Crippen LogP contribution in [0.1, 0.15) is 46.3 Å². The van der Waals surface area contributed by atoms with E-state index >= 15 is 0 Å². The van der Waals surface area contributed by atoms with Gasteiger partial charge in [-0.2, -0.15) is 0 Å². The van der Waals surface area contributed by atoms with E-state index in [4.69, 9.17) is 18.9 Å². The fourth-order valence-corrected chi connectivity index (χ4v) is 7.24. The van der Waals surface area contributed by atoms with Crippen LogP contribution in [0.25, 0.3) is 0 Å². The van der Waals surface area contributed by atoms with Gasteiger partial charge in [0.25, 0.3) is 0 Å². The number of hydrogen-bond acceptors (Lipinski definition) is 10. The lowest BCUT2D eigenvalue weighted by molar-refractivity contribution is -0.191. The van der Waals surface area contributed by atoms with E-state index in [9.17, 15) is 25.2 Å². The summed E-state index contributed by atoms with van der Waals surface area (Å²) in [7, 11) is 1.34. The van der Waals surface area contributed by atoms with E-state index in [1.165, 1.54) is 19.3 Å². The molecule has 11 nitrogen and oxygen atoms in total. The average molecular weight is 567 g/mol. The van der Waals surface area contributed by atoms with Crippen molar-refractivity contribution in [2.24, 2.45) is 0 Å². The van der Waals surface area contributed by atoms with E-state index < -0.39 is 30.4 Å². The highest BCUT2D eigenvalue weighted by Crippen LogP contribution is 2.59. The molecule has 41 heavy (non-hydrogen) atoms. The second kappa shape index (κ2) is 10.2. The molecule has 0 spiro atoms. The molecule has 0 radical (unpaired) electrons. The molecule has 218 valence electrons. The smallest absolute Gasteiger partial charge is 0.231 e. The summed E-state index contributed by atoms with van der Waals surface area (Å²) >= 11 is 0. The van der Waals surface area contributed by atoms with Crippen LogP contribution < -0.4 is 18.9 Å². The third-order valence-electron chi connectivity index (χ3n) is 8.71. The zero-order chi connectivity index (χ0) is 29.2. The molecule has 1 amide bonds. The van der Waals surface area contributed by atoms with Crippen LogP contribution >= 0.6 is 0 Å². The van der Waals surface area contributed by atoms with Gasteiger partial charge in [0.2, 0.25) is 18.4 Å². The molecule has 6 rings (SSSR count). The van der Waals surface area contributed by atoms with Crippen LogP contribution in [-0.2, 0) is 17.6 Å². The molecule has 1 saturated heterocycles. The lowest BCUT2D eigenvalue weighted by atomic mass is 9.73. The van der Waals surface area contributed by atoms with E-state index in [2.05, 4.69) is 13.2 Å². The molecule has 11 heteroatoms. The lowest BCUT2D eigenvalue weighted by Gasteiger charge is -2.60. The number of aromatic hydroxyl groups is 2. The minimum absolute atomic E-state index is 0.0112. The molecule has 0 aromatic heterocycles. The second-order valence-corrected chi connectivity index (χ2v) is 10.7. The Morgan fingerprint density at radius 3 is 2.56 bits per heavy atom. The number of rotatable bonds is 7. The Kier molecular flexibility index (Phi) is 6.75. The number of aliphatic hydroxyl groups is 2. The van der Waals surface area contributed by atoms with E-state index in [1.54, 1.807) is 11.0 Å². The third kappa shape index (κ3) is 3.79. The molecular weight excluding hydrogens is 532 g/mol. The monoisotopic (exact) mass is 566 g/mol. The summed E-state index contributed by atoms with van der Waals surface area (Å²) < 4.78 is 23.2. The van der Waals surface area contributed by atoms with Crippen molar-refractivity contribution in [2.45, 2.75) is 56.6 Å². The Balaban J connectivity index is 1.61. The topological polar surface area (TPSA) is 141 Å². The first-order valence-corrected chi connectivity index (χ1v) is 13.6. The van der Waals surface area contributed by atoms with Gasteiger partial charge in [0.15, 0.2) is 23.0 Å². The molecule has 0 saturated carbocycles. The Bertz CT molecular complexity index is 1440. The Labute approximate surface area is 237 Å². The highest BCUT2D eigenvalue weighted by atomic mass is 16.7. The van der Waals surface area contributed by atoms with Gasteiger partial charge in [-0.1, -0.05) is 18.7 Å². The van der Waals surface area contributed by atoms with Crippen LogP contribution in [0.3, 0.4) is 0 Å². The van der Waals surface area contributed by atoms with Crippen LogP contribution in [0.15, 0.2) is 31.4 Å². The number of nitrogens with zero attached hydrogens (tertiary/aromatic N) is 2. The standard InChI is InChI=1S/C30H34N2O9/c1-5-7-21(35)32-18-9-15-10-20(34)28(38-4)25(36)22(15)24(32)17-11-16-23(19(12-33)31(17)30(18)37)29-27(40-13-41-29)14(3)26(16)39-8-6-2/h5-6,10,17-19,24,30,33-34,36-37H,1-2,7-9,11-13H2,3-4H3/t17-,18-,19-,24-,30?/m0/s1. The van der Waals surface area contributed by atoms with Gasteiger partial charge in [-0.25, -0.2) is 0 Å². The van der Waals surface area contributed by atoms with Crippen molar-refractivity contribution in [3.8, 4) is 34.5 Å². The maximum absolute atomic E-state index is 13.6. The van der Waals surface area contributed by atoms with Gasteiger partial charge in [-0.05, 0) is 31.4 Å². The number of methoxy groups -OCH3 is 1. The van der Waals surface area contributed by atoms with Crippen molar-refractivity contribution >= 4 is 5.91 Å². The van der Waals surface area contributed by atoms with Crippen LogP contribution in [0.4, 0.5) is 0 Å². The number of benzene rings is 2. The molecule has 1 unspecified atom stereocenters. The first-order chi connectivity index (χ1) is 19.8. The minimum atomic E-state index is -1.19. The number of piperazine rings is 1. The van der Waals surface area contributed by atoms with E-state index in [-0.39, 0.29) is 62.4 Å². The predicted octanol–water partition coefficient (Wildman–Crippen LogP) is 2.37. The van der Waals surface area contributed by atoms with Crippen LogP contribution in [0, 0.1) is 6.92 Å². The largest absolute Gasteiger partial charge is 0.504 e. The summed E-state index contributed by atoms with van der Waals surface area (Å²) in [5, 5.41) is 44.8.